The molecule has 0 aliphatic rings. The zero-order chi connectivity index (χ0) is 13.7. The fourth-order valence-electron chi connectivity index (χ4n) is 1.67. The minimum atomic E-state index is -0.221. The first-order valence-corrected chi connectivity index (χ1v) is 5.99. The number of nitrogen functional groups attached to an aromatic ring is 1. The van der Waals surface area contributed by atoms with Crippen molar-refractivity contribution in [3.05, 3.63) is 42.5 Å². The quantitative estimate of drug-likeness (QED) is 0.424. The highest BCUT2D eigenvalue weighted by Crippen LogP contribution is 2.20. The fraction of sp³-hybridized carbons (Fsp3) is 0.231. The molecule has 0 aliphatic carbocycles. The van der Waals surface area contributed by atoms with Gasteiger partial charge in [0.1, 0.15) is 5.75 Å². The Kier molecular flexibility index (Phi) is 4.02. The molecule has 0 saturated carbocycles. The number of nitrogens with two attached hydrogens (primary N) is 1. The Morgan fingerprint density at radius 1 is 1.47 bits per heavy atom. The summed E-state index contributed by atoms with van der Waals surface area (Å²) in [5, 5.41) is 12.2. The van der Waals surface area contributed by atoms with Crippen molar-refractivity contribution in [3.8, 4) is 5.75 Å². The average molecular weight is 260 g/mol. The van der Waals surface area contributed by atoms with Gasteiger partial charge >= 0.3 is 0 Å². The standard InChI is InChI=1S/C13H16N4O2/c14-11-3-2-10(8-12(11)18)13(19)16-4-1-6-17-7-5-15-9-17/h2-3,5,7-9,18H,1,4,6,14H2,(H,16,19). The molecular weight excluding hydrogens is 244 g/mol. The molecule has 0 aliphatic heterocycles. The van der Waals surface area contributed by atoms with Gasteiger partial charge in [0, 0.05) is 31.0 Å². The third-order valence-electron chi connectivity index (χ3n) is 2.73. The van der Waals surface area contributed by atoms with Crippen molar-refractivity contribution in [1.29, 1.82) is 0 Å². The van der Waals surface area contributed by atoms with Gasteiger partial charge in [0.2, 0.25) is 0 Å². The predicted molar refractivity (Wildman–Crippen MR) is 71.7 cm³/mol. The number of carbonyl (C=O) groups is 1. The van der Waals surface area contributed by atoms with Gasteiger partial charge in [-0.25, -0.2) is 4.98 Å². The highest BCUT2D eigenvalue weighted by Gasteiger charge is 2.07. The van der Waals surface area contributed by atoms with Crippen LogP contribution in [0.3, 0.4) is 0 Å². The number of aromatic hydroxyl groups is 1. The van der Waals surface area contributed by atoms with Crippen LogP contribution in [-0.4, -0.2) is 27.1 Å². The summed E-state index contributed by atoms with van der Waals surface area (Å²) in [5.41, 5.74) is 6.13. The lowest BCUT2D eigenvalue weighted by atomic mass is 10.2. The van der Waals surface area contributed by atoms with Crippen molar-refractivity contribution in [2.24, 2.45) is 0 Å². The number of aromatic nitrogens is 2. The molecule has 6 nitrogen and oxygen atoms in total. The second-order valence-electron chi connectivity index (χ2n) is 4.18. The molecule has 19 heavy (non-hydrogen) atoms. The first kappa shape index (κ1) is 12.9. The van der Waals surface area contributed by atoms with Crippen molar-refractivity contribution in [2.75, 3.05) is 12.3 Å². The Morgan fingerprint density at radius 3 is 3.00 bits per heavy atom. The van der Waals surface area contributed by atoms with Crippen molar-refractivity contribution in [1.82, 2.24) is 14.9 Å². The second kappa shape index (κ2) is 5.90. The summed E-state index contributed by atoms with van der Waals surface area (Å²) < 4.78 is 1.95. The third-order valence-corrected chi connectivity index (χ3v) is 2.73. The van der Waals surface area contributed by atoms with E-state index in [-0.39, 0.29) is 17.3 Å². The molecule has 0 unspecified atom stereocenters. The highest BCUT2D eigenvalue weighted by molar-refractivity contribution is 5.95. The first-order valence-electron chi connectivity index (χ1n) is 5.99. The van der Waals surface area contributed by atoms with Crippen LogP contribution < -0.4 is 11.1 Å². The smallest absolute Gasteiger partial charge is 0.251 e. The van der Waals surface area contributed by atoms with E-state index in [1.807, 2.05) is 10.8 Å². The number of aryl methyl sites for hydroxylation is 1. The molecule has 6 heteroatoms. The Morgan fingerprint density at radius 2 is 2.32 bits per heavy atom. The molecule has 2 rings (SSSR count). The number of benzene rings is 1. The molecular formula is C13H16N4O2. The maximum atomic E-state index is 11.8. The van der Waals surface area contributed by atoms with Crippen molar-refractivity contribution < 1.29 is 9.90 Å². The number of hydrogen-bond acceptors (Lipinski definition) is 4. The number of phenolic OH excluding ortho intramolecular Hbond substituents is 1. The molecule has 2 aromatic rings. The number of nitrogens with one attached hydrogen (secondary N) is 1. The lowest BCUT2D eigenvalue weighted by Gasteiger charge is -2.07. The minimum absolute atomic E-state index is 0.0777. The second-order valence-corrected chi connectivity index (χ2v) is 4.18. The van der Waals surface area contributed by atoms with Crippen LogP contribution in [0.2, 0.25) is 0 Å². The Bertz CT molecular complexity index is 552. The van der Waals surface area contributed by atoms with Gasteiger partial charge in [0.15, 0.2) is 0 Å². The van der Waals surface area contributed by atoms with E-state index < -0.39 is 0 Å². The molecule has 1 heterocycles. The molecule has 1 aromatic carbocycles. The van der Waals surface area contributed by atoms with Crippen LogP contribution >= 0.6 is 0 Å². The summed E-state index contributed by atoms with van der Waals surface area (Å²) in [4.78, 5) is 15.7. The average Bonchev–Trinajstić information content (AvgIpc) is 2.91. The van der Waals surface area contributed by atoms with E-state index in [9.17, 15) is 9.90 Å². The summed E-state index contributed by atoms with van der Waals surface area (Å²) in [7, 11) is 0. The van der Waals surface area contributed by atoms with Gasteiger partial charge in [-0.05, 0) is 24.6 Å². The Balaban J connectivity index is 1.79. The fourth-order valence-corrected chi connectivity index (χ4v) is 1.67. The van der Waals surface area contributed by atoms with Gasteiger partial charge in [-0.1, -0.05) is 0 Å². The zero-order valence-electron chi connectivity index (χ0n) is 10.4. The van der Waals surface area contributed by atoms with Crippen LogP contribution in [0.4, 0.5) is 5.69 Å². The van der Waals surface area contributed by atoms with Crippen LogP contribution in [0.1, 0.15) is 16.8 Å². The molecule has 0 saturated heterocycles. The van der Waals surface area contributed by atoms with E-state index in [2.05, 4.69) is 10.3 Å². The number of nitrogens with zero attached hydrogens (tertiary/aromatic N) is 2. The monoisotopic (exact) mass is 260 g/mol. The van der Waals surface area contributed by atoms with Gasteiger partial charge in [0.05, 0.1) is 12.0 Å². The SMILES string of the molecule is Nc1ccc(C(=O)NCCCn2ccnc2)cc1O. The summed E-state index contributed by atoms with van der Waals surface area (Å²) in [6, 6.07) is 4.45. The van der Waals surface area contributed by atoms with E-state index in [1.54, 1.807) is 18.6 Å². The first-order chi connectivity index (χ1) is 9.16. The van der Waals surface area contributed by atoms with Gasteiger partial charge < -0.3 is 20.7 Å². The Hall–Kier alpha value is -2.50. The van der Waals surface area contributed by atoms with Crippen LogP contribution in [0.25, 0.3) is 0 Å². The van der Waals surface area contributed by atoms with Crippen molar-refractivity contribution in [3.63, 3.8) is 0 Å². The molecule has 100 valence electrons. The van der Waals surface area contributed by atoms with Crippen LogP contribution in [0.15, 0.2) is 36.9 Å². The summed E-state index contributed by atoms with van der Waals surface area (Å²) >= 11 is 0. The summed E-state index contributed by atoms with van der Waals surface area (Å²) in [6.07, 6.45) is 6.14. The number of anilines is 1. The van der Waals surface area contributed by atoms with E-state index in [4.69, 9.17) is 5.73 Å². The molecule has 1 amide bonds. The molecule has 0 bridgehead atoms. The molecule has 0 radical (unpaired) electrons. The number of hydrogen-bond donors (Lipinski definition) is 3. The number of rotatable bonds is 5. The summed E-state index contributed by atoms with van der Waals surface area (Å²) in [5.74, 6) is -0.299. The number of carbonyl (C=O) groups excluding carboxylic acids is 1. The maximum Gasteiger partial charge on any atom is 0.251 e. The molecule has 0 atom stereocenters. The lowest BCUT2D eigenvalue weighted by Crippen LogP contribution is -2.25. The van der Waals surface area contributed by atoms with Crippen molar-refractivity contribution >= 4 is 11.6 Å². The minimum Gasteiger partial charge on any atom is -0.506 e. The highest BCUT2D eigenvalue weighted by atomic mass is 16.3. The number of phenols is 1. The van der Waals surface area contributed by atoms with Gasteiger partial charge in [-0.15, -0.1) is 0 Å². The van der Waals surface area contributed by atoms with Crippen LogP contribution in [-0.2, 0) is 6.54 Å². The topological polar surface area (TPSA) is 93.2 Å². The third kappa shape index (κ3) is 3.48. The summed E-state index contributed by atoms with van der Waals surface area (Å²) in [6.45, 7) is 1.36. The van der Waals surface area contributed by atoms with E-state index in [0.29, 0.717) is 12.1 Å². The normalized spacial score (nSPS) is 10.3. The number of amides is 1. The van der Waals surface area contributed by atoms with E-state index >= 15 is 0 Å². The van der Waals surface area contributed by atoms with Gasteiger partial charge in [-0.3, -0.25) is 4.79 Å². The lowest BCUT2D eigenvalue weighted by molar-refractivity contribution is 0.0952. The molecule has 1 aromatic heterocycles. The van der Waals surface area contributed by atoms with Crippen molar-refractivity contribution in [2.45, 2.75) is 13.0 Å². The van der Waals surface area contributed by atoms with Crippen LogP contribution in [0, 0.1) is 0 Å². The van der Waals surface area contributed by atoms with Gasteiger partial charge in [-0.2, -0.15) is 0 Å². The van der Waals surface area contributed by atoms with Gasteiger partial charge in [0.25, 0.3) is 5.91 Å². The largest absolute Gasteiger partial charge is 0.506 e. The molecule has 0 spiro atoms. The zero-order valence-corrected chi connectivity index (χ0v) is 10.4. The van der Waals surface area contributed by atoms with Crippen LogP contribution in [0.5, 0.6) is 5.75 Å². The molecule has 4 N–H and O–H groups in total. The van der Waals surface area contributed by atoms with E-state index in [1.165, 1.54) is 12.1 Å². The van der Waals surface area contributed by atoms with E-state index in [0.717, 1.165) is 13.0 Å². The Labute approximate surface area is 110 Å². The maximum absolute atomic E-state index is 11.8. The predicted octanol–water partition coefficient (Wildman–Crippen LogP) is 0.991. The number of imidazole rings is 1. The molecule has 0 fully saturated rings.